The van der Waals surface area contributed by atoms with Gasteiger partial charge in [-0.15, -0.1) is 0 Å². The van der Waals surface area contributed by atoms with Crippen LogP contribution < -0.4 is 0 Å². The first-order valence-corrected chi connectivity index (χ1v) is 5.64. The molecule has 0 bridgehead atoms. The fourth-order valence-corrected chi connectivity index (χ4v) is 2.79. The van der Waals surface area contributed by atoms with Gasteiger partial charge in [-0.05, 0) is 26.2 Å². The molecule has 6 heteroatoms. The lowest BCUT2D eigenvalue weighted by Gasteiger charge is -2.17. The van der Waals surface area contributed by atoms with Crippen LogP contribution in [-0.2, 0) is 5.92 Å². The molecular formula is C11H12F4N2. The molecule has 2 aliphatic rings. The molecule has 2 nitrogen and oxygen atoms in total. The van der Waals surface area contributed by atoms with E-state index in [0.717, 1.165) is 4.68 Å². The van der Waals surface area contributed by atoms with Crippen LogP contribution in [-0.4, -0.2) is 9.78 Å². The highest BCUT2D eigenvalue weighted by molar-refractivity contribution is 5.46. The summed E-state index contributed by atoms with van der Waals surface area (Å²) in [4.78, 5) is 0. The SMILES string of the molecule is CC(C)n1nc(C(F)F)c2c1C(F)(F)C1C[C@H]21. The maximum atomic E-state index is 14.0. The van der Waals surface area contributed by atoms with Gasteiger partial charge in [0.15, 0.2) is 0 Å². The van der Waals surface area contributed by atoms with Crippen LogP contribution in [0.1, 0.15) is 55.6 Å². The van der Waals surface area contributed by atoms with Crippen molar-refractivity contribution in [3.8, 4) is 0 Å². The fraction of sp³-hybridized carbons (Fsp3) is 0.727. The molecule has 1 fully saturated rings. The van der Waals surface area contributed by atoms with E-state index in [9.17, 15) is 17.6 Å². The summed E-state index contributed by atoms with van der Waals surface area (Å²) < 4.78 is 54.6. The number of rotatable bonds is 2. The van der Waals surface area contributed by atoms with Gasteiger partial charge in [-0.1, -0.05) is 0 Å². The Balaban J connectivity index is 2.23. The maximum Gasteiger partial charge on any atom is 0.293 e. The highest BCUT2D eigenvalue weighted by atomic mass is 19.3. The number of halogens is 4. The van der Waals surface area contributed by atoms with Crippen molar-refractivity contribution < 1.29 is 17.6 Å². The van der Waals surface area contributed by atoms with Gasteiger partial charge in [0.1, 0.15) is 11.4 Å². The molecule has 1 aromatic heterocycles. The van der Waals surface area contributed by atoms with E-state index in [2.05, 4.69) is 5.10 Å². The molecule has 2 atom stereocenters. The van der Waals surface area contributed by atoms with E-state index < -0.39 is 29.9 Å². The Labute approximate surface area is 95.6 Å². The quantitative estimate of drug-likeness (QED) is 0.731. The van der Waals surface area contributed by atoms with Gasteiger partial charge in [-0.25, -0.2) is 8.78 Å². The number of fused-ring (bicyclic) bond motifs is 3. The van der Waals surface area contributed by atoms with Crippen molar-refractivity contribution in [2.75, 3.05) is 0 Å². The van der Waals surface area contributed by atoms with Crippen molar-refractivity contribution in [1.29, 1.82) is 0 Å². The zero-order chi connectivity index (χ0) is 12.5. The lowest BCUT2D eigenvalue weighted by Crippen LogP contribution is -2.21. The third-order valence-corrected chi connectivity index (χ3v) is 3.61. The second-order valence-electron chi connectivity index (χ2n) is 5.06. The molecule has 3 rings (SSSR count). The second kappa shape index (κ2) is 3.03. The van der Waals surface area contributed by atoms with E-state index in [1.807, 2.05) is 0 Å². The van der Waals surface area contributed by atoms with Crippen molar-refractivity contribution in [1.82, 2.24) is 9.78 Å². The molecule has 0 aromatic carbocycles. The highest BCUT2D eigenvalue weighted by Crippen LogP contribution is 2.68. The van der Waals surface area contributed by atoms with Gasteiger partial charge in [-0.2, -0.15) is 13.9 Å². The zero-order valence-electron chi connectivity index (χ0n) is 9.42. The first kappa shape index (κ1) is 11.0. The Kier molecular flexibility index (Phi) is 1.97. The predicted octanol–water partition coefficient (Wildman–Crippen LogP) is 3.61. The first-order chi connectivity index (χ1) is 7.85. The van der Waals surface area contributed by atoms with Crippen LogP contribution >= 0.6 is 0 Å². The predicted molar refractivity (Wildman–Crippen MR) is 52.3 cm³/mol. The highest BCUT2D eigenvalue weighted by Gasteiger charge is 2.67. The minimum Gasteiger partial charge on any atom is -0.260 e. The van der Waals surface area contributed by atoms with Gasteiger partial charge in [0.25, 0.3) is 12.3 Å². The van der Waals surface area contributed by atoms with Crippen molar-refractivity contribution in [3.63, 3.8) is 0 Å². The molecular weight excluding hydrogens is 236 g/mol. The van der Waals surface area contributed by atoms with E-state index in [-0.39, 0.29) is 17.3 Å². The monoisotopic (exact) mass is 248 g/mol. The smallest absolute Gasteiger partial charge is 0.260 e. The van der Waals surface area contributed by atoms with E-state index in [0.29, 0.717) is 6.42 Å². The third kappa shape index (κ3) is 1.24. The number of hydrogen-bond acceptors (Lipinski definition) is 1. The summed E-state index contributed by atoms with van der Waals surface area (Å²) in [5, 5.41) is 3.69. The summed E-state index contributed by atoms with van der Waals surface area (Å²) in [6, 6.07) is -0.334. The average Bonchev–Trinajstić information content (AvgIpc) is 2.83. The molecule has 0 spiro atoms. The molecule has 1 heterocycles. The first-order valence-electron chi connectivity index (χ1n) is 5.64. The summed E-state index contributed by atoms with van der Waals surface area (Å²) in [5.74, 6) is -4.18. The number of hydrogen-bond donors (Lipinski definition) is 0. The molecule has 0 aliphatic heterocycles. The molecule has 0 radical (unpaired) electrons. The summed E-state index contributed by atoms with van der Waals surface area (Å²) >= 11 is 0. The summed E-state index contributed by atoms with van der Waals surface area (Å²) in [5.41, 5.74) is -0.605. The Morgan fingerprint density at radius 1 is 1.35 bits per heavy atom. The summed E-state index contributed by atoms with van der Waals surface area (Å²) in [7, 11) is 0. The Hall–Kier alpha value is -1.07. The molecule has 2 aliphatic carbocycles. The maximum absolute atomic E-state index is 14.0. The van der Waals surface area contributed by atoms with E-state index >= 15 is 0 Å². The lowest BCUT2D eigenvalue weighted by atomic mass is 10.1. The van der Waals surface area contributed by atoms with Crippen LogP contribution in [0.2, 0.25) is 0 Å². The number of aromatic nitrogens is 2. The van der Waals surface area contributed by atoms with Crippen LogP contribution in [0.4, 0.5) is 17.6 Å². The molecule has 0 N–H and O–H groups in total. The topological polar surface area (TPSA) is 17.8 Å². The van der Waals surface area contributed by atoms with Gasteiger partial charge in [0.2, 0.25) is 0 Å². The molecule has 17 heavy (non-hydrogen) atoms. The van der Waals surface area contributed by atoms with Crippen molar-refractivity contribution in [3.05, 3.63) is 17.0 Å². The van der Waals surface area contributed by atoms with Gasteiger partial charge in [-0.3, -0.25) is 4.68 Å². The molecule has 1 unspecified atom stereocenters. The van der Waals surface area contributed by atoms with E-state index in [1.54, 1.807) is 13.8 Å². The summed E-state index contributed by atoms with van der Waals surface area (Å²) in [6.45, 7) is 3.34. The average molecular weight is 248 g/mol. The molecule has 0 saturated heterocycles. The van der Waals surface area contributed by atoms with Crippen LogP contribution in [0.5, 0.6) is 0 Å². The van der Waals surface area contributed by atoms with Gasteiger partial charge < -0.3 is 0 Å². The van der Waals surface area contributed by atoms with Crippen molar-refractivity contribution in [2.24, 2.45) is 5.92 Å². The standard InChI is InChI=1S/C11H12F4N2/c1-4(2)17-9-7(8(16-17)10(12)13)5-3-6(5)11(9,14)15/h4-6,10H,3H2,1-2H3/t5-,6?/m0/s1. The minimum absolute atomic E-state index is 0.115. The largest absolute Gasteiger partial charge is 0.293 e. The van der Waals surface area contributed by atoms with Crippen LogP contribution in [0, 0.1) is 5.92 Å². The van der Waals surface area contributed by atoms with Gasteiger partial charge in [0, 0.05) is 17.5 Å². The molecule has 1 aromatic rings. The molecule has 1 saturated carbocycles. The number of alkyl halides is 4. The van der Waals surface area contributed by atoms with Crippen molar-refractivity contribution >= 4 is 0 Å². The molecule has 94 valence electrons. The third-order valence-electron chi connectivity index (χ3n) is 3.61. The number of nitrogens with zero attached hydrogens (tertiary/aromatic N) is 2. The van der Waals surface area contributed by atoms with Gasteiger partial charge in [0.05, 0.1) is 0 Å². The van der Waals surface area contributed by atoms with Crippen molar-refractivity contribution in [2.45, 2.75) is 44.6 Å². The minimum atomic E-state index is -3.00. The Morgan fingerprint density at radius 3 is 2.53 bits per heavy atom. The summed E-state index contributed by atoms with van der Waals surface area (Å²) in [6.07, 6.45) is -2.47. The van der Waals surface area contributed by atoms with Gasteiger partial charge >= 0.3 is 0 Å². The normalized spacial score (nSPS) is 28.7. The van der Waals surface area contributed by atoms with Crippen LogP contribution in [0.3, 0.4) is 0 Å². The fourth-order valence-electron chi connectivity index (χ4n) is 2.79. The van der Waals surface area contributed by atoms with Crippen LogP contribution in [0.25, 0.3) is 0 Å². The Morgan fingerprint density at radius 2 is 2.00 bits per heavy atom. The Bertz CT molecular complexity index is 478. The van der Waals surface area contributed by atoms with E-state index in [1.165, 1.54) is 0 Å². The molecule has 0 amide bonds. The second-order valence-corrected chi connectivity index (χ2v) is 5.06. The lowest BCUT2D eigenvalue weighted by molar-refractivity contribution is -0.0319. The zero-order valence-corrected chi connectivity index (χ0v) is 9.42. The van der Waals surface area contributed by atoms with E-state index in [4.69, 9.17) is 0 Å². The van der Waals surface area contributed by atoms with Crippen LogP contribution in [0.15, 0.2) is 0 Å².